The summed E-state index contributed by atoms with van der Waals surface area (Å²) in [7, 11) is 0. The van der Waals surface area contributed by atoms with E-state index >= 15 is 0 Å². The van der Waals surface area contributed by atoms with Crippen molar-refractivity contribution >= 4 is 116 Å². The molecule has 8 aliphatic heterocycles. The van der Waals surface area contributed by atoms with E-state index in [1.807, 2.05) is 86.7 Å². The van der Waals surface area contributed by atoms with Crippen LogP contribution in [-0.4, -0.2) is 83.7 Å². The normalized spacial score (nSPS) is 16.3. The van der Waals surface area contributed by atoms with E-state index in [1.165, 1.54) is 23.1 Å². The average molecular weight is 1150 g/mol. The maximum atomic E-state index is 13.1. The number of rotatable bonds is 0. The minimum absolute atomic E-state index is 0.0652. The van der Waals surface area contributed by atoms with Crippen LogP contribution in [0.3, 0.4) is 0 Å². The van der Waals surface area contributed by atoms with E-state index in [4.69, 9.17) is 67.3 Å². The van der Waals surface area contributed by atoms with Gasteiger partial charge in [-0.1, -0.05) is 70.7 Å². The van der Waals surface area contributed by atoms with E-state index in [0.717, 1.165) is 33.7 Å². The minimum Gasteiger partial charge on any atom is -0.490 e. The summed E-state index contributed by atoms with van der Waals surface area (Å²) in [5.41, 5.74) is 17.5. The summed E-state index contributed by atoms with van der Waals surface area (Å²) >= 11 is 27.9. The van der Waals surface area contributed by atoms with Crippen molar-refractivity contribution < 1.29 is 28.7 Å². The van der Waals surface area contributed by atoms with Gasteiger partial charge in [-0.3, -0.25) is 29.8 Å². The van der Waals surface area contributed by atoms with E-state index in [0.29, 0.717) is 82.8 Å². The van der Waals surface area contributed by atoms with Gasteiger partial charge in [0.05, 0.1) is 80.2 Å². The summed E-state index contributed by atoms with van der Waals surface area (Å²) < 4.78 is 20.5. The third kappa shape index (κ3) is 16.1. The Hall–Kier alpha value is -6.88. The first-order valence-electron chi connectivity index (χ1n) is 23.5. The van der Waals surface area contributed by atoms with Crippen molar-refractivity contribution in [3.8, 4) is 34.0 Å². The molecule has 6 aromatic rings. The summed E-state index contributed by atoms with van der Waals surface area (Å²) in [5, 5.41) is 17.9. The molecular formula is C52H52Cl4N12O6S2. The summed E-state index contributed by atoms with van der Waals surface area (Å²) in [6.07, 6.45) is 9.23. The lowest BCUT2D eigenvalue weighted by Crippen LogP contribution is -2.37. The zero-order chi connectivity index (χ0) is 54.1. The van der Waals surface area contributed by atoms with Crippen LogP contribution in [0.4, 0.5) is 11.4 Å². The maximum Gasteiger partial charge on any atom is 0.261 e. The number of benzene rings is 4. The number of guanidine groups is 2. The van der Waals surface area contributed by atoms with Crippen molar-refractivity contribution in [2.75, 3.05) is 50.0 Å². The fourth-order valence-electron chi connectivity index (χ4n) is 7.36. The van der Waals surface area contributed by atoms with E-state index in [-0.39, 0.29) is 70.0 Å². The summed E-state index contributed by atoms with van der Waals surface area (Å²) in [5.74, 6) is -0.114. The van der Waals surface area contributed by atoms with Gasteiger partial charge in [0.1, 0.15) is 24.7 Å². The lowest BCUT2D eigenvalue weighted by atomic mass is 10.1. The molecule has 0 aliphatic carbocycles. The van der Waals surface area contributed by atoms with Gasteiger partial charge in [0.25, 0.3) is 11.8 Å². The van der Waals surface area contributed by atoms with Crippen molar-refractivity contribution in [1.82, 2.24) is 30.0 Å². The number of aromatic nitrogens is 2. The molecule has 0 saturated carbocycles. The summed E-state index contributed by atoms with van der Waals surface area (Å²) in [4.78, 5) is 60.8. The van der Waals surface area contributed by atoms with Gasteiger partial charge in [0.15, 0.2) is 11.9 Å². The Morgan fingerprint density at radius 3 is 1.26 bits per heavy atom. The average Bonchev–Trinajstić information content (AvgIpc) is 3.98. The minimum atomic E-state index is -0.411. The molecule has 18 nitrogen and oxygen atoms in total. The van der Waals surface area contributed by atoms with Crippen LogP contribution >= 0.6 is 69.5 Å². The van der Waals surface area contributed by atoms with Crippen LogP contribution in [0.15, 0.2) is 107 Å². The first-order valence-corrected chi connectivity index (χ1v) is 26.6. The second-order valence-electron chi connectivity index (χ2n) is 16.7. The lowest BCUT2D eigenvalue weighted by Gasteiger charge is -2.12. The Morgan fingerprint density at radius 1 is 0.526 bits per heavy atom. The van der Waals surface area contributed by atoms with Gasteiger partial charge in [-0.05, 0) is 147 Å². The Kier molecular flexibility index (Phi) is 20.8. The molecule has 10 N–H and O–H groups in total. The van der Waals surface area contributed by atoms with Crippen LogP contribution < -0.4 is 52.8 Å². The van der Waals surface area contributed by atoms with Gasteiger partial charge in [0, 0.05) is 20.9 Å². The van der Waals surface area contributed by atoms with Crippen LogP contribution in [0.5, 0.6) is 11.5 Å². The van der Waals surface area contributed by atoms with E-state index < -0.39 is 11.8 Å². The van der Waals surface area contributed by atoms with Gasteiger partial charge in [-0.15, -0.1) is 0 Å². The number of hydrogen-bond donors (Lipinski definition) is 8. The van der Waals surface area contributed by atoms with E-state index in [9.17, 15) is 19.2 Å². The highest BCUT2D eigenvalue weighted by Crippen LogP contribution is 2.35. The van der Waals surface area contributed by atoms with Crippen molar-refractivity contribution in [1.29, 1.82) is 0 Å². The van der Waals surface area contributed by atoms with E-state index in [2.05, 4.69) is 50.6 Å². The van der Waals surface area contributed by atoms with Crippen LogP contribution in [0.1, 0.15) is 54.4 Å². The van der Waals surface area contributed by atoms with Gasteiger partial charge in [0.2, 0.25) is 11.8 Å². The molecule has 8 bridgehead atoms. The second-order valence-corrected chi connectivity index (χ2v) is 20.3. The number of nitrogens with zero attached hydrogens (tertiary/aromatic N) is 4. The first-order chi connectivity index (χ1) is 36.6. The molecule has 0 unspecified atom stereocenters. The molecule has 0 saturated heterocycles. The molecule has 2 aromatic heterocycles. The van der Waals surface area contributed by atoms with Gasteiger partial charge < -0.3 is 42.2 Å². The summed E-state index contributed by atoms with van der Waals surface area (Å²) in [6.45, 7) is 6.10. The molecule has 10 heterocycles. The highest BCUT2D eigenvalue weighted by atomic mass is 35.5. The fourth-order valence-corrected chi connectivity index (χ4v) is 10.0. The Labute approximate surface area is 466 Å². The van der Waals surface area contributed by atoms with E-state index in [1.54, 1.807) is 24.3 Å². The zero-order valence-corrected chi connectivity index (χ0v) is 45.7. The Bertz CT molecular complexity index is 2940. The molecule has 4 amide bonds. The SMILES string of the molecule is Cc1snc2c1C(=O)NC(N)=NCc1cc(Cl)c(c(Cl)c1)NC(=O)CNCC/C=C/COc1ccc-2cc1.Cc1snc2c1C(=O)NC(N)=NCc1cc(Cl)c(c(Cl)c1)NC(=O)CNCC/C=C\COc1ccc-2cc1. The van der Waals surface area contributed by atoms with Gasteiger partial charge >= 0.3 is 0 Å². The Morgan fingerprint density at radius 2 is 0.895 bits per heavy atom. The van der Waals surface area contributed by atoms with Crippen LogP contribution in [-0.2, 0) is 22.7 Å². The quantitative estimate of drug-likeness (QED) is 0.0663. The number of ether oxygens (including phenoxy) is 2. The van der Waals surface area contributed by atoms with Crippen LogP contribution in [0.2, 0.25) is 20.1 Å². The smallest absolute Gasteiger partial charge is 0.261 e. The van der Waals surface area contributed by atoms with Crippen molar-refractivity contribution in [2.24, 2.45) is 21.5 Å². The zero-order valence-electron chi connectivity index (χ0n) is 41.0. The molecule has 0 spiro atoms. The first kappa shape index (κ1) is 56.8. The number of aliphatic imine (C=N–C) groups is 2. The number of aryl methyl sites for hydroxylation is 2. The number of anilines is 2. The molecule has 24 heteroatoms. The molecule has 8 aliphatic rings. The Balaban J connectivity index is 0.000000221. The molecule has 0 fully saturated rings. The van der Waals surface area contributed by atoms with Crippen molar-refractivity contribution in [2.45, 2.75) is 39.8 Å². The third-order valence-electron chi connectivity index (χ3n) is 11.1. The second kappa shape index (κ2) is 27.8. The molecular weight excluding hydrogens is 1090 g/mol. The predicted molar refractivity (Wildman–Crippen MR) is 305 cm³/mol. The van der Waals surface area contributed by atoms with Gasteiger partial charge in [-0.2, -0.15) is 8.75 Å². The number of amides is 4. The highest BCUT2D eigenvalue weighted by Gasteiger charge is 2.23. The van der Waals surface area contributed by atoms with Crippen molar-refractivity contribution in [3.63, 3.8) is 0 Å². The molecule has 396 valence electrons. The predicted octanol–water partition coefficient (Wildman–Crippen LogP) is 9.07. The molecule has 14 rings (SSSR count). The summed E-state index contributed by atoms with van der Waals surface area (Å²) in [6, 6.07) is 21.3. The van der Waals surface area contributed by atoms with Crippen LogP contribution in [0.25, 0.3) is 22.5 Å². The largest absolute Gasteiger partial charge is 0.490 e. The third-order valence-corrected chi connectivity index (χ3v) is 13.8. The highest BCUT2D eigenvalue weighted by molar-refractivity contribution is 7.06. The molecule has 4 aromatic carbocycles. The fraction of sp³-hybridized carbons (Fsp3) is 0.231. The standard InChI is InChI=1S/2C26H26Cl2N6O3S/c2*1-15-22-23(34-38-15)17-5-7-18(8-6-17)37-10-4-2-3-9-30-14-21(35)32-24-19(27)11-16(12-20(24)28)13-31-26(29)33-25(22)36/h2*2,4-8,11-12,30H,3,9-10,13-14H2,1H3,(H,32,35)(H3,29,31,33,36)/b4-2+;4-2-. The van der Waals surface area contributed by atoms with Crippen molar-refractivity contribution in [3.05, 3.63) is 149 Å². The molecule has 76 heavy (non-hydrogen) atoms. The number of hydrogen-bond acceptors (Lipinski definition) is 16. The molecule has 0 radical (unpaired) electrons. The molecule has 0 atom stereocenters. The maximum absolute atomic E-state index is 13.1. The topological polar surface area (TPSA) is 261 Å². The lowest BCUT2D eigenvalue weighted by molar-refractivity contribution is -0.116. The number of nitrogens with one attached hydrogen (secondary N) is 6. The number of halogens is 4. The number of carbonyl (C=O) groups is 4. The number of nitrogens with two attached hydrogens (primary N) is 2. The van der Waals surface area contributed by atoms with Gasteiger partial charge in [-0.25, -0.2) is 9.98 Å². The number of carbonyl (C=O) groups excluding carboxylic acids is 4. The monoisotopic (exact) mass is 1140 g/mol. The van der Waals surface area contributed by atoms with Crippen LogP contribution in [0, 0.1) is 13.8 Å².